The van der Waals surface area contributed by atoms with Gasteiger partial charge in [-0.15, -0.1) is 0 Å². The fourth-order valence-corrected chi connectivity index (χ4v) is 1.52. The largest absolute Gasteiger partial charge is 0.438 e. The number of rotatable bonds is 8. The van der Waals surface area contributed by atoms with Gasteiger partial charge in [0.05, 0.1) is 6.20 Å². The van der Waals surface area contributed by atoms with E-state index < -0.39 is 0 Å². The molecular formula is C12H20N2O2. The van der Waals surface area contributed by atoms with Crippen molar-refractivity contribution < 1.29 is 9.21 Å². The molecule has 1 heterocycles. The number of hydrogen-bond donors (Lipinski definition) is 1. The second-order valence-electron chi connectivity index (χ2n) is 3.89. The predicted molar refractivity (Wildman–Crippen MR) is 62.2 cm³/mol. The van der Waals surface area contributed by atoms with Crippen LogP contribution < -0.4 is 5.32 Å². The number of carbonyl (C=O) groups excluding carboxylic acids is 1. The Balaban J connectivity index is 1.97. The predicted octanol–water partition coefficient (Wildman–Crippen LogP) is 2.76. The van der Waals surface area contributed by atoms with E-state index in [9.17, 15) is 4.79 Å². The van der Waals surface area contributed by atoms with Crippen molar-refractivity contribution in [1.29, 1.82) is 0 Å². The molecule has 4 nitrogen and oxygen atoms in total. The van der Waals surface area contributed by atoms with Crippen LogP contribution in [0.15, 0.2) is 17.0 Å². The fourth-order valence-electron chi connectivity index (χ4n) is 1.52. The molecule has 0 radical (unpaired) electrons. The molecule has 16 heavy (non-hydrogen) atoms. The molecular weight excluding hydrogens is 204 g/mol. The highest BCUT2D eigenvalue weighted by Gasteiger charge is 2.07. The Labute approximate surface area is 96.4 Å². The summed E-state index contributed by atoms with van der Waals surface area (Å²) < 4.78 is 4.88. The maximum Gasteiger partial charge on any atom is 0.288 e. The maximum absolute atomic E-state index is 11.4. The third-order valence-electron chi connectivity index (χ3n) is 2.47. The quantitative estimate of drug-likeness (QED) is 0.691. The van der Waals surface area contributed by atoms with E-state index in [0.717, 1.165) is 6.42 Å². The first-order valence-electron chi connectivity index (χ1n) is 6.01. The second kappa shape index (κ2) is 7.91. The summed E-state index contributed by atoms with van der Waals surface area (Å²) in [7, 11) is 0. The van der Waals surface area contributed by atoms with E-state index in [4.69, 9.17) is 4.42 Å². The molecule has 0 saturated heterocycles. The van der Waals surface area contributed by atoms with Crippen molar-refractivity contribution in [3.63, 3.8) is 0 Å². The third kappa shape index (κ3) is 4.96. The molecule has 0 bridgehead atoms. The molecule has 0 fully saturated rings. The number of unbranched alkanes of at least 4 members (excludes halogenated alkanes) is 5. The van der Waals surface area contributed by atoms with E-state index in [-0.39, 0.29) is 11.7 Å². The summed E-state index contributed by atoms with van der Waals surface area (Å²) in [5, 5.41) is 2.80. The standard InChI is InChI=1S/C12H20N2O2/c1-2-3-4-5-6-7-8-14-12(15)11-9-13-10-16-11/h9-10H,2-8H2,1H3,(H,14,15). The molecule has 1 aromatic heterocycles. The number of aromatic nitrogens is 1. The van der Waals surface area contributed by atoms with Gasteiger partial charge in [-0.1, -0.05) is 39.0 Å². The number of oxazole rings is 1. The van der Waals surface area contributed by atoms with Gasteiger partial charge in [-0.3, -0.25) is 4.79 Å². The molecule has 0 saturated carbocycles. The minimum Gasteiger partial charge on any atom is -0.438 e. The molecule has 4 heteroatoms. The number of hydrogen-bond acceptors (Lipinski definition) is 3. The Morgan fingerprint density at radius 2 is 2.06 bits per heavy atom. The summed E-state index contributed by atoms with van der Waals surface area (Å²) in [5.74, 6) is 0.108. The summed E-state index contributed by atoms with van der Waals surface area (Å²) >= 11 is 0. The zero-order valence-electron chi connectivity index (χ0n) is 9.87. The van der Waals surface area contributed by atoms with Gasteiger partial charge in [0.15, 0.2) is 6.39 Å². The van der Waals surface area contributed by atoms with Gasteiger partial charge in [0.2, 0.25) is 5.76 Å². The van der Waals surface area contributed by atoms with Crippen LogP contribution in [0.2, 0.25) is 0 Å². The van der Waals surface area contributed by atoms with Gasteiger partial charge in [-0.2, -0.15) is 0 Å². The maximum atomic E-state index is 11.4. The van der Waals surface area contributed by atoms with Crippen molar-refractivity contribution in [3.8, 4) is 0 Å². The van der Waals surface area contributed by atoms with Crippen LogP contribution in [-0.2, 0) is 0 Å². The zero-order valence-corrected chi connectivity index (χ0v) is 9.87. The molecule has 90 valence electrons. The van der Waals surface area contributed by atoms with Crippen LogP contribution in [0.3, 0.4) is 0 Å². The van der Waals surface area contributed by atoms with Crippen molar-refractivity contribution in [1.82, 2.24) is 10.3 Å². The molecule has 1 rings (SSSR count). The fraction of sp³-hybridized carbons (Fsp3) is 0.667. The Bertz CT molecular complexity index is 283. The smallest absolute Gasteiger partial charge is 0.288 e. The molecule has 1 aromatic rings. The number of amides is 1. The van der Waals surface area contributed by atoms with Crippen molar-refractivity contribution in [3.05, 3.63) is 18.4 Å². The van der Waals surface area contributed by atoms with Gasteiger partial charge in [0, 0.05) is 6.54 Å². The van der Waals surface area contributed by atoms with E-state index in [1.807, 2.05) is 0 Å². The molecule has 0 aromatic carbocycles. The van der Waals surface area contributed by atoms with Crippen LogP contribution in [-0.4, -0.2) is 17.4 Å². The third-order valence-corrected chi connectivity index (χ3v) is 2.47. The van der Waals surface area contributed by atoms with Gasteiger partial charge in [-0.25, -0.2) is 4.98 Å². The summed E-state index contributed by atoms with van der Waals surface area (Å²) in [5.41, 5.74) is 0. The van der Waals surface area contributed by atoms with Crippen LogP contribution in [0.1, 0.15) is 56.0 Å². The Kier molecular flexibility index (Phi) is 6.30. The highest BCUT2D eigenvalue weighted by Crippen LogP contribution is 2.04. The van der Waals surface area contributed by atoms with E-state index in [1.165, 1.54) is 44.7 Å². The lowest BCUT2D eigenvalue weighted by molar-refractivity contribution is 0.0925. The van der Waals surface area contributed by atoms with Crippen molar-refractivity contribution in [2.45, 2.75) is 45.4 Å². The lowest BCUT2D eigenvalue weighted by atomic mass is 10.1. The summed E-state index contributed by atoms with van der Waals surface area (Å²) in [6.45, 7) is 2.92. The highest BCUT2D eigenvalue weighted by molar-refractivity contribution is 5.90. The molecule has 0 spiro atoms. The molecule has 1 amide bonds. The molecule has 0 aliphatic rings. The second-order valence-corrected chi connectivity index (χ2v) is 3.89. The lowest BCUT2D eigenvalue weighted by Gasteiger charge is -2.02. The zero-order chi connectivity index (χ0) is 11.6. The highest BCUT2D eigenvalue weighted by atomic mass is 16.3. The SMILES string of the molecule is CCCCCCCCNC(=O)c1cnco1. The van der Waals surface area contributed by atoms with Crippen LogP contribution >= 0.6 is 0 Å². The van der Waals surface area contributed by atoms with Gasteiger partial charge >= 0.3 is 0 Å². The Hall–Kier alpha value is -1.32. The lowest BCUT2D eigenvalue weighted by Crippen LogP contribution is -2.23. The average molecular weight is 224 g/mol. The molecule has 0 aliphatic heterocycles. The van der Waals surface area contributed by atoms with Gasteiger partial charge in [0.1, 0.15) is 0 Å². The summed E-state index contributed by atoms with van der Waals surface area (Å²) in [6.07, 6.45) is 10.0. The Morgan fingerprint density at radius 1 is 1.31 bits per heavy atom. The van der Waals surface area contributed by atoms with Gasteiger partial charge in [0.25, 0.3) is 5.91 Å². The van der Waals surface area contributed by atoms with E-state index in [2.05, 4.69) is 17.2 Å². The van der Waals surface area contributed by atoms with E-state index in [1.54, 1.807) is 0 Å². The normalized spacial score (nSPS) is 10.3. The van der Waals surface area contributed by atoms with E-state index >= 15 is 0 Å². The average Bonchev–Trinajstić information content (AvgIpc) is 2.81. The molecule has 0 aliphatic carbocycles. The first-order valence-corrected chi connectivity index (χ1v) is 6.01. The van der Waals surface area contributed by atoms with Crippen LogP contribution in [0.25, 0.3) is 0 Å². The van der Waals surface area contributed by atoms with Crippen molar-refractivity contribution in [2.75, 3.05) is 6.54 Å². The summed E-state index contributed by atoms with van der Waals surface area (Å²) in [4.78, 5) is 15.1. The Morgan fingerprint density at radius 3 is 2.75 bits per heavy atom. The summed E-state index contributed by atoms with van der Waals surface area (Å²) in [6, 6.07) is 0. The number of carbonyl (C=O) groups is 1. The molecule has 0 atom stereocenters. The van der Waals surface area contributed by atoms with Gasteiger partial charge < -0.3 is 9.73 Å². The van der Waals surface area contributed by atoms with Crippen molar-refractivity contribution in [2.24, 2.45) is 0 Å². The monoisotopic (exact) mass is 224 g/mol. The number of nitrogens with zero attached hydrogens (tertiary/aromatic N) is 1. The topological polar surface area (TPSA) is 55.1 Å². The first-order chi connectivity index (χ1) is 7.84. The van der Waals surface area contributed by atoms with E-state index in [0.29, 0.717) is 6.54 Å². The van der Waals surface area contributed by atoms with Crippen LogP contribution in [0.5, 0.6) is 0 Å². The van der Waals surface area contributed by atoms with Crippen LogP contribution in [0, 0.1) is 0 Å². The van der Waals surface area contributed by atoms with Crippen molar-refractivity contribution >= 4 is 5.91 Å². The van der Waals surface area contributed by atoms with Crippen LogP contribution in [0.4, 0.5) is 0 Å². The minimum absolute atomic E-state index is 0.175. The van der Waals surface area contributed by atoms with Gasteiger partial charge in [-0.05, 0) is 6.42 Å². The molecule has 0 unspecified atom stereocenters. The number of nitrogens with one attached hydrogen (secondary N) is 1. The first kappa shape index (κ1) is 12.7. The molecule has 1 N–H and O–H groups in total. The minimum atomic E-state index is -0.175.